The Kier molecular flexibility index (Phi) is 13.2. The minimum absolute atomic E-state index is 0. The molecule has 0 bridgehead atoms. The number of nitro benzene ring substituents is 2. The van der Waals surface area contributed by atoms with Gasteiger partial charge in [0.15, 0.2) is 0 Å². The van der Waals surface area contributed by atoms with Gasteiger partial charge < -0.3 is 30.0 Å². The van der Waals surface area contributed by atoms with Crippen molar-refractivity contribution in [1.29, 1.82) is 0 Å². The molecule has 308 valence electrons. The van der Waals surface area contributed by atoms with Crippen LogP contribution in [-0.2, 0) is 37.3 Å². The van der Waals surface area contributed by atoms with Gasteiger partial charge in [0.2, 0.25) is 0 Å². The molecular formula is C32H27FeN10O14S2+. The summed E-state index contributed by atoms with van der Waals surface area (Å²) in [5, 5.41) is 64.1. The number of aryl methyl sites for hydroxylation is 2. The van der Waals surface area contributed by atoms with Crippen molar-refractivity contribution in [2.45, 2.75) is 23.6 Å². The summed E-state index contributed by atoms with van der Waals surface area (Å²) < 4.78 is 64.3. The van der Waals surface area contributed by atoms with Crippen LogP contribution in [0.2, 0.25) is 0 Å². The first-order valence-corrected chi connectivity index (χ1v) is 18.5. The fourth-order valence-corrected chi connectivity index (χ4v) is 5.67. The van der Waals surface area contributed by atoms with Crippen molar-refractivity contribution in [3.05, 3.63) is 137 Å². The van der Waals surface area contributed by atoms with Crippen molar-refractivity contribution < 1.29 is 67.3 Å². The number of benzene rings is 4. The Bertz CT molecular complexity index is 2810. The second-order valence-corrected chi connectivity index (χ2v) is 14.3. The first-order valence-electron chi connectivity index (χ1n) is 15.6. The molecule has 0 amide bonds. The molecule has 0 saturated carbocycles. The quantitative estimate of drug-likeness (QED) is 0.0333. The van der Waals surface area contributed by atoms with E-state index >= 15 is 0 Å². The van der Waals surface area contributed by atoms with Gasteiger partial charge in [0.25, 0.3) is 31.6 Å². The Morgan fingerprint density at radius 2 is 0.949 bits per heavy atom. The second-order valence-electron chi connectivity index (χ2n) is 11.5. The van der Waals surface area contributed by atoms with Crippen LogP contribution in [0.1, 0.15) is 15.7 Å². The van der Waals surface area contributed by atoms with Crippen LogP contribution in [0.15, 0.2) is 125 Å². The smallest absolute Gasteiger partial charge is 0.506 e. The van der Waals surface area contributed by atoms with Crippen LogP contribution in [-0.4, -0.2) is 65.6 Å². The van der Waals surface area contributed by atoms with E-state index in [1.165, 1.54) is 38.1 Å². The first kappa shape index (κ1) is 44.6. The van der Waals surface area contributed by atoms with Gasteiger partial charge in [-0.3, -0.25) is 29.3 Å². The summed E-state index contributed by atoms with van der Waals surface area (Å²) in [6.45, 7) is 2.96. The molecule has 4 N–H and O–H groups in total. The monoisotopic (exact) mass is 895 g/mol. The number of phenols is 2. The SMILES string of the molecule is Cc1nn(-c2ccc(S(=O)(=O)O)cc2)c(=O)[c-]1N=Nc1cc([N+](=O)[O-])ccc1O.Cc1nn(-c2ccc(S(=O)(=O)O)cc2)c(=O)[c-]1N=Nc1cc([N+](=O)[O-])ccc1O.[Fe].[H+].[H+].[H+]. The molecule has 6 rings (SSSR count). The van der Waals surface area contributed by atoms with E-state index in [-0.39, 0.29) is 99.5 Å². The number of azo groups is 2. The van der Waals surface area contributed by atoms with E-state index in [2.05, 4.69) is 30.7 Å². The summed E-state index contributed by atoms with van der Waals surface area (Å²) in [6.07, 6.45) is 0. The molecule has 2 heterocycles. The predicted molar refractivity (Wildman–Crippen MR) is 201 cm³/mol. The van der Waals surface area contributed by atoms with Crippen molar-refractivity contribution in [2.24, 2.45) is 20.5 Å². The van der Waals surface area contributed by atoms with Crippen LogP contribution in [0.4, 0.5) is 34.1 Å². The summed E-state index contributed by atoms with van der Waals surface area (Å²) in [6, 6.07) is 15.8. The molecule has 0 aliphatic rings. The van der Waals surface area contributed by atoms with Gasteiger partial charge in [0.1, 0.15) is 34.0 Å². The molecule has 0 saturated heterocycles. The molecule has 59 heavy (non-hydrogen) atoms. The summed E-state index contributed by atoms with van der Waals surface area (Å²) >= 11 is 0. The first-order chi connectivity index (χ1) is 27.1. The van der Waals surface area contributed by atoms with Gasteiger partial charge in [-0.15, -0.1) is 11.4 Å². The molecule has 0 aliphatic heterocycles. The Morgan fingerprint density at radius 3 is 1.24 bits per heavy atom. The number of hydrogen-bond acceptors (Lipinski definition) is 18. The molecule has 6 aromatic rings. The standard InChI is InChI=1S/2C16H12N5O7S.Fe/c2*1-9-15(18-17-13-8-11(21(24)25)4-7-14(13)22)16(23)20(19-9)10-2-5-12(6-3-10)29(26,27)28;/h2*2-8,22H,1H3,(H,26,27,28);/q2*-1;/p+3. The molecule has 0 spiro atoms. The summed E-state index contributed by atoms with van der Waals surface area (Å²) in [5.41, 5.74) is -1.96. The van der Waals surface area contributed by atoms with Crippen molar-refractivity contribution in [3.8, 4) is 22.9 Å². The van der Waals surface area contributed by atoms with Crippen molar-refractivity contribution in [3.63, 3.8) is 0 Å². The van der Waals surface area contributed by atoms with Crippen LogP contribution in [0.3, 0.4) is 0 Å². The van der Waals surface area contributed by atoms with Crippen LogP contribution >= 0.6 is 0 Å². The van der Waals surface area contributed by atoms with E-state index < -0.39 is 41.2 Å². The maximum Gasteiger partial charge on any atom is 1.00 e. The Labute approximate surface area is 344 Å². The number of aromatic hydroxyl groups is 2. The zero-order chi connectivity index (χ0) is 42.7. The molecule has 0 unspecified atom stereocenters. The van der Waals surface area contributed by atoms with Crippen LogP contribution in [0, 0.1) is 34.1 Å². The third kappa shape index (κ3) is 10.2. The van der Waals surface area contributed by atoms with Gasteiger partial charge in [-0.1, -0.05) is 25.2 Å². The Balaban J connectivity index is 0.000000582. The van der Waals surface area contributed by atoms with Gasteiger partial charge in [-0.2, -0.15) is 27.1 Å². The maximum absolute atomic E-state index is 12.6. The van der Waals surface area contributed by atoms with E-state index in [1.807, 2.05) is 0 Å². The molecule has 27 heteroatoms. The molecule has 0 aliphatic carbocycles. The van der Waals surface area contributed by atoms with Gasteiger partial charge in [0, 0.05) is 41.3 Å². The third-order valence-electron chi connectivity index (χ3n) is 7.59. The predicted octanol–water partition coefficient (Wildman–Crippen LogP) is 5.41. The summed E-state index contributed by atoms with van der Waals surface area (Å²) in [4.78, 5) is 44.7. The number of hydrogen-bond donors (Lipinski definition) is 4. The van der Waals surface area contributed by atoms with E-state index in [1.54, 1.807) is 0 Å². The number of phenolic OH excluding ortho intramolecular Hbond substituents is 2. The average molecular weight is 896 g/mol. The van der Waals surface area contributed by atoms with Crippen LogP contribution in [0.25, 0.3) is 11.4 Å². The summed E-state index contributed by atoms with van der Waals surface area (Å²) in [5.74, 6) is -0.727. The molecule has 4 aromatic carbocycles. The van der Waals surface area contributed by atoms with Gasteiger partial charge >= 0.3 is 4.28 Å². The second kappa shape index (κ2) is 17.5. The van der Waals surface area contributed by atoms with E-state index in [9.17, 15) is 56.9 Å². The number of non-ortho nitro benzene ring substituents is 2. The molecular weight excluding hydrogens is 868 g/mol. The number of aromatic nitrogens is 4. The zero-order valence-electron chi connectivity index (χ0n) is 32.6. The molecule has 24 nitrogen and oxygen atoms in total. The summed E-state index contributed by atoms with van der Waals surface area (Å²) in [7, 11) is -8.76. The molecule has 0 radical (unpaired) electrons. The fourth-order valence-electron chi connectivity index (χ4n) is 4.71. The topological polar surface area (TPSA) is 355 Å². The van der Waals surface area contributed by atoms with Gasteiger partial charge in [0.05, 0.1) is 31.0 Å². The zero-order valence-corrected chi connectivity index (χ0v) is 32.3. The minimum atomic E-state index is -4.38. The molecule has 2 aromatic heterocycles. The third-order valence-corrected chi connectivity index (χ3v) is 9.32. The minimum Gasteiger partial charge on any atom is -0.506 e. The molecule has 0 fully saturated rings. The van der Waals surface area contributed by atoms with E-state index in [0.29, 0.717) is 0 Å². The average Bonchev–Trinajstić information content (AvgIpc) is 3.61. The number of nitro groups is 2. The van der Waals surface area contributed by atoms with Gasteiger partial charge in [-0.25, -0.2) is 19.6 Å². The van der Waals surface area contributed by atoms with Crippen LogP contribution in [0.5, 0.6) is 11.5 Å². The number of nitrogens with zero attached hydrogens (tertiary/aromatic N) is 10. The van der Waals surface area contributed by atoms with Crippen molar-refractivity contribution >= 4 is 54.4 Å². The number of rotatable bonds is 10. The van der Waals surface area contributed by atoms with Crippen molar-refractivity contribution in [2.75, 3.05) is 0 Å². The van der Waals surface area contributed by atoms with Crippen LogP contribution < -0.4 is 11.1 Å². The largest absolute Gasteiger partial charge is 1.00 e. The normalized spacial score (nSPS) is 11.6. The van der Waals surface area contributed by atoms with E-state index in [4.69, 9.17) is 9.11 Å². The molecule has 0 atom stereocenters. The Hall–Kier alpha value is -7.16. The fraction of sp³-hybridized carbons (Fsp3) is 0.0625. The van der Waals surface area contributed by atoms with Crippen molar-refractivity contribution in [1.82, 2.24) is 19.6 Å². The van der Waals surface area contributed by atoms with E-state index in [0.717, 1.165) is 70.0 Å². The maximum atomic E-state index is 12.6. The van der Waals surface area contributed by atoms with Gasteiger partial charge in [-0.05, 0) is 60.7 Å². The Morgan fingerprint density at radius 1 is 0.627 bits per heavy atom.